The van der Waals surface area contributed by atoms with E-state index in [4.69, 9.17) is 9.47 Å². The first-order valence-electron chi connectivity index (χ1n) is 15.4. The third-order valence-corrected chi connectivity index (χ3v) is 9.24. The number of pyridine rings is 2. The number of urea groups is 1. The molecule has 4 aromatic rings. The van der Waals surface area contributed by atoms with Crippen LogP contribution < -0.4 is 19.7 Å². The number of aryl methyl sites for hydroxylation is 1. The SMILES string of the molecule is COCCCNS(=O)(=O)c1ccc(Oc2ccc(CN3CCC(N(C(=O)Nc4ccc(C)nc4)c4cccc(F)c4)CC3)cn2)cc1. The summed E-state index contributed by atoms with van der Waals surface area (Å²) in [6.07, 6.45) is 5.36. The van der Waals surface area contributed by atoms with Crippen molar-refractivity contribution in [3.8, 4) is 11.6 Å². The molecule has 13 heteroatoms. The van der Waals surface area contributed by atoms with E-state index in [1.165, 1.54) is 24.3 Å². The fourth-order valence-corrected chi connectivity index (χ4v) is 6.39. The van der Waals surface area contributed by atoms with E-state index in [2.05, 4.69) is 24.9 Å². The van der Waals surface area contributed by atoms with Crippen molar-refractivity contribution < 1.29 is 27.1 Å². The zero-order valence-corrected chi connectivity index (χ0v) is 27.2. The van der Waals surface area contributed by atoms with Crippen molar-refractivity contribution in [2.75, 3.05) is 43.6 Å². The highest BCUT2D eigenvalue weighted by atomic mass is 32.2. The van der Waals surface area contributed by atoms with Crippen molar-refractivity contribution in [2.24, 2.45) is 0 Å². The number of carbonyl (C=O) groups excluding carboxylic acids is 1. The molecule has 1 fully saturated rings. The van der Waals surface area contributed by atoms with E-state index in [0.717, 1.165) is 24.3 Å². The number of methoxy groups -OCH3 is 1. The number of amides is 2. The maximum absolute atomic E-state index is 14.2. The van der Waals surface area contributed by atoms with Crippen LogP contribution >= 0.6 is 0 Å². The van der Waals surface area contributed by atoms with Crippen molar-refractivity contribution in [1.82, 2.24) is 19.6 Å². The van der Waals surface area contributed by atoms with Crippen molar-refractivity contribution in [3.05, 3.63) is 102 Å². The second kappa shape index (κ2) is 15.9. The molecule has 0 radical (unpaired) electrons. The molecule has 0 bridgehead atoms. The van der Waals surface area contributed by atoms with Gasteiger partial charge in [0.2, 0.25) is 15.9 Å². The molecule has 2 aromatic carbocycles. The van der Waals surface area contributed by atoms with Crippen molar-refractivity contribution >= 4 is 27.4 Å². The summed E-state index contributed by atoms with van der Waals surface area (Å²) in [5.74, 6) is 0.457. The number of nitrogens with one attached hydrogen (secondary N) is 2. The Morgan fingerprint density at radius 2 is 1.81 bits per heavy atom. The van der Waals surface area contributed by atoms with Crippen LogP contribution in [0.1, 0.15) is 30.5 Å². The zero-order chi connectivity index (χ0) is 33.2. The number of nitrogens with zero attached hydrogens (tertiary/aromatic N) is 4. The van der Waals surface area contributed by atoms with Crippen LogP contribution in [0.4, 0.5) is 20.6 Å². The number of aromatic nitrogens is 2. The first kappa shape index (κ1) is 33.9. The number of carbonyl (C=O) groups is 1. The van der Waals surface area contributed by atoms with Gasteiger partial charge in [0.1, 0.15) is 11.6 Å². The minimum Gasteiger partial charge on any atom is -0.439 e. The molecule has 248 valence electrons. The van der Waals surface area contributed by atoms with Gasteiger partial charge in [-0.25, -0.2) is 27.3 Å². The molecule has 2 aromatic heterocycles. The molecular weight excluding hydrogens is 623 g/mol. The Kier molecular flexibility index (Phi) is 11.5. The van der Waals surface area contributed by atoms with E-state index in [1.807, 2.05) is 19.1 Å². The van der Waals surface area contributed by atoms with Gasteiger partial charge < -0.3 is 14.8 Å². The lowest BCUT2D eigenvalue weighted by Crippen LogP contribution is -2.49. The third kappa shape index (κ3) is 9.55. The molecule has 0 atom stereocenters. The van der Waals surface area contributed by atoms with Crippen LogP contribution in [0.3, 0.4) is 0 Å². The predicted molar refractivity (Wildman–Crippen MR) is 178 cm³/mol. The normalized spacial score (nSPS) is 14.1. The molecule has 11 nitrogen and oxygen atoms in total. The van der Waals surface area contributed by atoms with Crippen LogP contribution in [0.25, 0.3) is 0 Å². The molecule has 1 aliphatic heterocycles. The summed E-state index contributed by atoms with van der Waals surface area (Å²) in [7, 11) is -2.04. The summed E-state index contributed by atoms with van der Waals surface area (Å²) in [6, 6.07) is 19.2. The summed E-state index contributed by atoms with van der Waals surface area (Å²) in [5.41, 5.74) is 2.93. The van der Waals surface area contributed by atoms with Gasteiger partial charge in [-0.05, 0) is 86.3 Å². The van der Waals surface area contributed by atoms with Gasteiger partial charge in [0.25, 0.3) is 0 Å². The van der Waals surface area contributed by atoms with E-state index >= 15 is 0 Å². The second-order valence-corrected chi connectivity index (χ2v) is 13.1. The van der Waals surface area contributed by atoms with Crippen molar-refractivity contribution in [2.45, 2.75) is 43.7 Å². The number of sulfonamides is 1. The van der Waals surface area contributed by atoms with Gasteiger partial charge in [-0.1, -0.05) is 12.1 Å². The lowest BCUT2D eigenvalue weighted by atomic mass is 10.0. The highest BCUT2D eigenvalue weighted by Gasteiger charge is 2.30. The molecule has 0 spiro atoms. The molecule has 0 saturated carbocycles. The fourth-order valence-electron chi connectivity index (χ4n) is 5.32. The van der Waals surface area contributed by atoms with Crippen molar-refractivity contribution in [1.29, 1.82) is 0 Å². The molecule has 47 heavy (non-hydrogen) atoms. The minimum absolute atomic E-state index is 0.117. The number of halogens is 1. The average molecular weight is 663 g/mol. The van der Waals surface area contributed by atoms with E-state index in [-0.39, 0.29) is 17.0 Å². The van der Waals surface area contributed by atoms with Crippen LogP contribution in [0, 0.1) is 12.7 Å². The molecule has 5 rings (SSSR count). The number of hydrogen-bond donors (Lipinski definition) is 2. The van der Waals surface area contributed by atoms with Gasteiger partial charge in [0.05, 0.1) is 16.8 Å². The minimum atomic E-state index is -3.61. The first-order chi connectivity index (χ1) is 22.7. The lowest BCUT2D eigenvalue weighted by molar-refractivity contribution is 0.196. The number of piperidine rings is 1. The van der Waals surface area contributed by atoms with Gasteiger partial charge in [0, 0.05) is 69.6 Å². The van der Waals surface area contributed by atoms with Crippen LogP contribution in [-0.2, 0) is 21.3 Å². The quantitative estimate of drug-likeness (QED) is 0.174. The Hall–Kier alpha value is -4.43. The first-order valence-corrected chi connectivity index (χ1v) is 16.9. The van der Waals surface area contributed by atoms with Crippen molar-refractivity contribution in [3.63, 3.8) is 0 Å². The number of rotatable bonds is 13. The van der Waals surface area contributed by atoms with E-state index < -0.39 is 15.8 Å². The van der Waals surface area contributed by atoms with Gasteiger partial charge in [-0.15, -0.1) is 0 Å². The molecular formula is C34H39FN6O5S. The highest BCUT2D eigenvalue weighted by Crippen LogP contribution is 2.27. The van der Waals surface area contributed by atoms with E-state index in [9.17, 15) is 17.6 Å². The maximum atomic E-state index is 14.2. The molecule has 0 unspecified atom stereocenters. The summed E-state index contributed by atoms with van der Waals surface area (Å²) >= 11 is 0. The largest absolute Gasteiger partial charge is 0.439 e. The molecule has 1 saturated heterocycles. The van der Waals surface area contributed by atoms with Crippen LogP contribution in [0.5, 0.6) is 11.6 Å². The van der Waals surface area contributed by atoms with E-state index in [1.54, 1.807) is 60.8 Å². The Morgan fingerprint density at radius 1 is 1.02 bits per heavy atom. The number of benzene rings is 2. The summed E-state index contributed by atoms with van der Waals surface area (Å²) < 4.78 is 52.4. The Morgan fingerprint density at radius 3 is 2.47 bits per heavy atom. The maximum Gasteiger partial charge on any atom is 0.326 e. The standard InChI is InChI=1S/C34H39FN6O5S/c1-25-7-9-28(23-36-25)39-34(42)41(30-6-3-5-27(35)21-30)29-15-18-40(19-16-29)24-26-8-14-33(37-22-26)46-31-10-12-32(13-11-31)47(43,44)38-17-4-20-45-2/h3,5-14,21-23,29,38H,4,15-20,24H2,1-2H3,(H,39,42). The van der Waals surface area contributed by atoms with Gasteiger partial charge in [-0.2, -0.15) is 0 Å². The fraction of sp³-hybridized carbons (Fsp3) is 0.324. The Balaban J connectivity index is 1.15. The number of ether oxygens (including phenoxy) is 2. The van der Waals surface area contributed by atoms with Gasteiger partial charge in [0.15, 0.2) is 0 Å². The smallest absolute Gasteiger partial charge is 0.326 e. The molecule has 2 amide bonds. The number of anilines is 2. The lowest BCUT2D eigenvalue weighted by Gasteiger charge is -2.38. The monoisotopic (exact) mass is 662 g/mol. The van der Waals surface area contributed by atoms with Crippen LogP contribution in [0.15, 0.2) is 90.1 Å². The topological polar surface area (TPSA) is 126 Å². The average Bonchev–Trinajstić information content (AvgIpc) is 3.06. The van der Waals surface area contributed by atoms with E-state index in [0.29, 0.717) is 62.0 Å². The summed E-state index contributed by atoms with van der Waals surface area (Å²) in [4.78, 5) is 26.2. The van der Waals surface area contributed by atoms with Crippen LogP contribution in [-0.4, -0.2) is 68.7 Å². The predicted octanol–water partition coefficient (Wildman–Crippen LogP) is 5.73. The van der Waals surface area contributed by atoms with Crippen LogP contribution in [0.2, 0.25) is 0 Å². The number of hydrogen-bond acceptors (Lipinski definition) is 8. The Labute approximate surface area is 274 Å². The molecule has 1 aliphatic rings. The Bertz CT molecular complexity index is 1720. The highest BCUT2D eigenvalue weighted by molar-refractivity contribution is 7.89. The van der Waals surface area contributed by atoms with Gasteiger partial charge in [-0.3, -0.25) is 14.8 Å². The van der Waals surface area contributed by atoms with Gasteiger partial charge >= 0.3 is 6.03 Å². The molecule has 3 heterocycles. The third-order valence-electron chi connectivity index (χ3n) is 7.77. The molecule has 2 N–H and O–H groups in total. The second-order valence-electron chi connectivity index (χ2n) is 11.3. The summed E-state index contributed by atoms with van der Waals surface area (Å²) in [6.45, 7) is 4.80. The molecule has 0 aliphatic carbocycles. The number of likely N-dealkylation sites (tertiary alicyclic amines) is 1. The zero-order valence-electron chi connectivity index (χ0n) is 26.4. The summed E-state index contributed by atoms with van der Waals surface area (Å²) in [5, 5.41) is 2.91.